The van der Waals surface area contributed by atoms with Gasteiger partial charge in [-0.2, -0.15) is 0 Å². The summed E-state index contributed by atoms with van der Waals surface area (Å²) in [6, 6.07) is 22.1. The molecule has 1 saturated heterocycles. The summed E-state index contributed by atoms with van der Waals surface area (Å²) in [5.74, 6) is -0.568. The highest BCUT2D eigenvalue weighted by Gasteiger charge is 2.24. The van der Waals surface area contributed by atoms with Gasteiger partial charge in [0, 0.05) is 43.6 Å². The Hall–Kier alpha value is -4.46. The zero-order valence-electron chi connectivity index (χ0n) is 18.4. The lowest BCUT2D eigenvalue weighted by atomic mass is 10.2. The number of pyridine rings is 1. The molecule has 0 unspecified atom stereocenters. The molecular formula is C26H23N5O3. The molecule has 8 heteroatoms. The van der Waals surface area contributed by atoms with Gasteiger partial charge in [-0.15, -0.1) is 0 Å². The van der Waals surface area contributed by atoms with Gasteiger partial charge in [0.25, 0.3) is 17.4 Å². The Labute approximate surface area is 196 Å². The van der Waals surface area contributed by atoms with Crippen LogP contribution in [0, 0.1) is 0 Å². The Morgan fingerprint density at radius 2 is 1.50 bits per heavy atom. The first-order valence-electron chi connectivity index (χ1n) is 11.1. The van der Waals surface area contributed by atoms with Crippen LogP contribution in [0.2, 0.25) is 0 Å². The van der Waals surface area contributed by atoms with E-state index >= 15 is 0 Å². The number of benzene rings is 2. The quantitative estimate of drug-likeness (QED) is 0.514. The van der Waals surface area contributed by atoms with E-state index in [1.165, 1.54) is 10.6 Å². The zero-order valence-corrected chi connectivity index (χ0v) is 18.4. The van der Waals surface area contributed by atoms with Crippen molar-refractivity contribution in [1.29, 1.82) is 0 Å². The largest absolute Gasteiger partial charge is 0.368 e. The van der Waals surface area contributed by atoms with Gasteiger partial charge in [0.1, 0.15) is 5.69 Å². The van der Waals surface area contributed by atoms with Gasteiger partial charge < -0.3 is 15.1 Å². The minimum atomic E-state index is -0.446. The average molecular weight is 454 g/mol. The molecule has 170 valence electrons. The molecule has 1 aliphatic heterocycles. The van der Waals surface area contributed by atoms with Crippen LogP contribution in [0.15, 0.2) is 90.0 Å². The molecule has 0 spiro atoms. The molecule has 0 radical (unpaired) electrons. The van der Waals surface area contributed by atoms with Crippen LogP contribution in [0.1, 0.15) is 20.7 Å². The van der Waals surface area contributed by atoms with E-state index in [1.807, 2.05) is 24.3 Å². The van der Waals surface area contributed by atoms with E-state index in [9.17, 15) is 14.4 Å². The zero-order chi connectivity index (χ0) is 23.5. The van der Waals surface area contributed by atoms with Crippen molar-refractivity contribution in [3.05, 3.63) is 107 Å². The van der Waals surface area contributed by atoms with Crippen LogP contribution in [0.25, 0.3) is 5.65 Å². The molecule has 4 aromatic rings. The number of nitrogens with zero attached hydrogens (tertiary/aromatic N) is 4. The molecule has 2 aromatic heterocycles. The first-order valence-corrected chi connectivity index (χ1v) is 11.1. The lowest BCUT2D eigenvalue weighted by Gasteiger charge is -2.36. The Kier molecular flexibility index (Phi) is 5.78. The number of carbonyl (C=O) groups is 2. The third-order valence-corrected chi connectivity index (χ3v) is 5.94. The maximum absolute atomic E-state index is 13.3. The van der Waals surface area contributed by atoms with Crippen molar-refractivity contribution in [2.45, 2.75) is 0 Å². The standard InChI is InChI=1S/C26H23N5O3/c32-24(19-8-3-1-4-9-19)28-22-18-27-23-21(12-7-13-31(23)26(22)34)25(33)30-16-14-29(15-17-30)20-10-5-2-6-11-20/h1-13,18H,14-17H2,(H,28,32). The Morgan fingerprint density at radius 3 is 2.21 bits per heavy atom. The van der Waals surface area contributed by atoms with E-state index in [0.717, 1.165) is 18.8 Å². The molecule has 8 nitrogen and oxygen atoms in total. The summed E-state index contributed by atoms with van der Waals surface area (Å²) < 4.78 is 1.30. The van der Waals surface area contributed by atoms with E-state index in [2.05, 4.69) is 27.3 Å². The maximum atomic E-state index is 13.3. The Balaban J connectivity index is 1.36. The van der Waals surface area contributed by atoms with E-state index in [-0.39, 0.29) is 17.2 Å². The smallest absolute Gasteiger partial charge is 0.281 e. The molecule has 1 fully saturated rings. The van der Waals surface area contributed by atoms with Crippen molar-refractivity contribution in [3.63, 3.8) is 0 Å². The van der Waals surface area contributed by atoms with Gasteiger partial charge in [0.05, 0.1) is 11.8 Å². The number of aromatic nitrogens is 2. The van der Waals surface area contributed by atoms with Crippen molar-refractivity contribution >= 4 is 28.8 Å². The topological polar surface area (TPSA) is 87.0 Å². The van der Waals surface area contributed by atoms with Gasteiger partial charge in [-0.05, 0) is 36.4 Å². The second-order valence-electron chi connectivity index (χ2n) is 8.03. The predicted octanol–water partition coefficient (Wildman–Crippen LogP) is 2.91. The van der Waals surface area contributed by atoms with Gasteiger partial charge >= 0.3 is 0 Å². The number of fused-ring (bicyclic) bond motifs is 1. The van der Waals surface area contributed by atoms with Crippen molar-refractivity contribution in [1.82, 2.24) is 14.3 Å². The van der Waals surface area contributed by atoms with Crippen LogP contribution in [-0.4, -0.2) is 52.3 Å². The van der Waals surface area contributed by atoms with Crippen molar-refractivity contribution in [2.24, 2.45) is 0 Å². The highest BCUT2D eigenvalue weighted by molar-refractivity contribution is 6.04. The van der Waals surface area contributed by atoms with Crippen LogP contribution in [-0.2, 0) is 0 Å². The fraction of sp³-hybridized carbons (Fsp3) is 0.154. The molecule has 1 aliphatic rings. The molecule has 34 heavy (non-hydrogen) atoms. The SMILES string of the molecule is O=C(Nc1cnc2c(C(=O)N3CCN(c4ccccc4)CC3)cccn2c1=O)c1ccccc1. The summed E-state index contributed by atoms with van der Waals surface area (Å²) in [5.41, 5.74) is 1.79. The normalized spacial score (nSPS) is 13.6. The van der Waals surface area contributed by atoms with Gasteiger partial charge in [0.15, 0.2) is 5.65 Å². The Morgan fingerprint density at radius 1 is 0.824 bits per heavy atom. The minimum Gasteiger partial charge on any atom is -0.368 e. The van der Waals surface area contributed by atoms with Crippen LogP contribution in [0.4, 0.5) is 11.4 Å². The Bertz CT molecular complexity index is 1390. The van der Waals surface area contributed by atoms with Gasteiger partial charge in [-0.1, -0.05) is 36.4 Å². The number of carbonyl (C=O) groups excluding carboxylic acids is 2. The third kappa shape index (κ3) is 4.13. The van der Waals surface area contributed by atoms with Crippen molar-refractivity contribution in [2.75, 3.05) is 36.4 Å². The third-order valence-electron chi connectivity index (χ3n) is 5.94. The summed E-state index contributed by atoms with van der Waals surface area (Å²) in [6.45, 7) is 2.60. The van der Waals surface area contributed by atoms with Crippen molar-refractivity contribution in [3.8, 4) is 0 Å². The number of hydrogen-bond acceptors (Lipinski definition) is 5. The van der Waals surface area contributed by atoms with Crippen LogP contribution < -0.4 is 15.8 Å². The summed E-state index contributed by atoms with van der Waals surface area (Å²) >= 11 is 0. The highest BCUT2D eigenvalue weighted by Crippen LogP contribution is 2.18. The summed E-state index contributed by atoms with van der Waals surface area (Å²) in [7, 11) is 0. The fourth-order valence-corrected chi connectivity index (χ4v) is 4.12. The second-order valence-corrected chi connectivity index (χ2v) is 8.03. The van der Waals surface area contributed by atoms with Gasteiger partial charge in [0.2, 0.25) is 0 Å². The lowest BCUT2D eigenvalue weighted by Crippen LogP contribution is -2.49. The minimum absolute atomic E-state index is 0.0485. The number of amides is 2. The number of anilines is 2. The van der Waals surface area contributed by atoms with Crippen molar-refractivity contribution < 1.29 is 9.59 Å². The number of nitrogens with one attached hydrogen (secondary N) is 1. The molecule has 1 N–H and O–H groups in total. The second kappa shape index (κ2) is 9.19. The van der Waals surface area contributed by atoms with Gasteiger partial charge in [-0.3, -0.25) is 18.8 Å². The number of hydrogen-bond donors (Lipinski definition) is 1. The molecule has 2 amide bonds. The molecule has 0 saturated carbocycles. The number of piperazine rings is 1. The number of rotatable bonds is 4. The highest BCUT2D eigenvalue weighted by atomic mass is 16.2. The monoisotopic (exact) mass is 453 g/mol. The molecule has 0 atom stereocenters. The average Bonchev–Trinajstić information content (AvgIpc) is 2.90. The fourth-order valence-electron chi connectivity index (χ4n) is 4.12. The summed E-state index contributed by atoms with van der Waals surface area (Å²) in [5, 5.41) is 2.62. The van der Waals surface area contributed by atoms with Crippen LogP contribution in [0.5, 0.6) is 0 Å². The van der Waals surface area contributed by atoms with Crippen LogP contribution in [0.3, 0.4) is 0 Å². The van der Waals surface area contributed by atoms with E-state index in [4.69, 9.17) is 0 Å². The number of para-hydroxylation sites is 1. The van der Waals surface area contributed by atoms with Crippen LogP contribution >= 0.6 is 0 Å². The molecule has 3 heterocycles. The molecule has 0 aliphatic carbocycles. The summed E-state index contributed by atoms with van der Waals surface area (Å²) in [4.78, 5) is 47.2. The van der Waals surface area contributed by atoms with E-state index in [1.54, 1.807) is 47.5 Å². The van der Waals surface area contributed by atoms with Gasteiger partial charge in [-0.25, -0.2) is 4.98 Å². The summed E-state index contributed by atoms with van der Waals surface area (Å²) in [6.07, 6.45) is 2.86. The molecule has 0 bridgehead atoms. The molecular weight excluding hydrogens is 430 g/mol. The molecule has 5 rings (SSSR count). The van der Waals surface area contributed by atoms with E-state index < -0.39 is 11.5 Å². The lowest BCUT2D eigenvalue weighted by molar-refractivity contribution is 0.0748. The first-order chi connectivity index (χ1) is 16.6. The maximum Gasteiger partial charge on any atom is 0.281 e. The van der Waals surface area contributed by atoms with E-state index in [0.29, 0.717) is 24.2 Å². The molecule has 2 aromatic carbocycles. The predicted molar refractivity (Wildman–Crippen MR) is 130 cm³/mol. The first kappa shape index (κ1) is 21.4.